The van der Waals surface area contributed by atoms with E-state index in [2.05, 4.69) is 15.9 Å². The minimum atomic E-state index is -3.24. The standard InChI is InChI=1S/C10H20BrNO4S/c1-9(2)16-5-6-17(13,14)12-3-4-15-8-10(12)7-11/h9-10H,3-8H2,1-2H3. The summed E-state index contributed by atoms with van der Waals surface area (Å²) in [7, 11) is -3.24. The van der Waals surface area contributed by atoms with E-state index in [0.717, 1.165) is 0 Å². The van der Waals surface area contributed by atoms with E-state index >= 15 is 0 Å². The third-order valence-electron chi connectivity index (χ3n) is 2.50. The van der Waals surface area contributed by atoms with Gasteiger partial charge in [0.2, 0.25) is 10.0 Å². The molecule has 1 saturated heterocycles. The molecule has 0 amide bonds. The zero-order chi connectivity index (χ0) is 12.9. The minimum Gasteiger partial charge on any atom is -0.378 e. The lowest BCUT2D eigenvalue weighted by molar-refractivity contribution is 0.0402. The van der Waals surface area contributed by atoms with E-state index in [9.17, 15) is 8.42 Å². The average molecular weight is 330 g/mol. The molecule has 1 rings (SSSR count). The summed E-state index contributed by atoms with van der Waals surface area (Å²) in [4.78, 5) is 0. The predicted molar refractivity (Wildman–Crippen MR) is 70.0 cm³/mol. The van der Waals surface area contributed by atoms with Gasteiger partial charge in [-0.25, -0.2) is 8.42 Å². The molecule has 0 aromatic heterocycles. The number of rotatable bonds is 6. The molecule has 0 bridgehead atoms. The van der Waals surface area contributed by atoms with E-state index in [1.807, 2.05) is 13.8 Å². The van der Waals surface area contributed by atoms with Gasteiger partial charge in [-0.1, -0.05) is 15.9 Å². The van der Waals surface area contributed by atoms with Crippen LogP contribution in [0.15, 0.2) is 0 Å². The summed E-state index contributed by atoms with van der Waals surface area (Å²) >= 11 is 3.32. The minimum absolute atomic E-state index is 0.0364. The second-order valence-electron chi connectivity index (χ2n) is 4.23. The van der Waals surface area contributed by atoms with Crippen LogP contribution in [0, 0.1) is 0 Å². The number of ether oxygens (including phenoxy) is 2. The summed E-state index contributed by atoms with van der Waals surface area (Å²) in [5.41, 5.74) is 0. The number of hydrogen-bond donors (Lipinski definition) is 0. The molecule has 0 N–H and O–H groups in total. The molecule has 0 aromatic carbocycles. The predicted octanol–water partition coefficient (Wildman–Crippen LogP) is 0.837. The summed E-state index contributed by atoms with van der Waals surface area (Å²) in [6.45, 7) is 5.38. The third kappa shape index (κ3) is 4.82. The molecule has 1 fully saturated rings. The maximum Gasteiger partial charge on any atom is 0.216 e. The van der Waals surface area contributed by atoms with Gasteiger partial charge in [0.1, 0.15) is 0 Å². The van der Waals surface area contributed by atoms with Crippen LogP contribution >= 0.6 is 15.9 Å². The molecular formula is C10H20BrNO4S. The van der Waals surface area contributed by atoms with E-state index in [1.54, 1.807) is 0 Å². The maximum absolute atomic E-state index is 12.1. The Kier molecular flexibility index (Phi) is 6.36. The quantitative estimate of drug-likeness (QED) is 0.677. The summed E-state index contributed by atoms with van der Waals surface area (Å²) in [6, 6.07) is -0.104. The first kappa shape index (κ1) is 15.4. The number of sulfonamides is 1. The van der Waals surface area contributed by atoms with E-state index in [0.29, 0.717) is 25.1 Å². The first-order valence-corrected chi connectivity index (χ1v) is 8.45. The number of halogens is 1. The van der Waals surface area contributed by atoms with Crippen LogP contribution in [0.1, 0.15) is 13.8 Å². The third-order valence-corrected chi connectivity index (χ3v) is 5.13. The van der Waals surface area contributed by atoms with Gasteiger partial charge in [0.05, 0.1) is 37.7 Å². The van der Waals surface area contributed by atoms with Crippen molar-refractivity contribution in [1.29, 1.82) is 0 Å². The number of hydrogen-bond acceptors (Lipinski definition) is 4. The van der Waals surface area contributed by atoms with Crippen molar-refractivity contribution in [3.8, 4) is 0 Å². The Morgan fingerprint density at radius 1 is 1.53 bits per heavy atom. The normalized spacial score (nSPS) is 23.2. The van der Waals surface area contributed by atoms with Crippen molar-refractivity contribution in [2.75, 3.05) is 37.4 Å². The molecule has 1 aliphatic rings. The molecule has 1 heterocycles. The fraction of sp³-hybridized carbons (Fsp3) is 1.00. The first-order valence-electron chi connectivity index (χ1n) is 5.72. The van der Waals surface area contributed by atoms with Gasteiger partial charge in [-0.15, -0.1) is 0 Å². The molecule has 0 spiro atoms. The van der Waals surface area contributed by atoms with Crippen LogP contribution in [0.3, 0.4) is 0 Å². The molecule has 102 valence electrons. The maximum atomic E-state index is 12.1. The molecule has 0 radical (unpaired) electrons. The Morgan fingerprint density at radius 3 is 2.82 bits per heavy atom. The van der Waals surface area contributed by atoms with Crippen LogP contribution in [0.4, 0.5) is 0 Å². The molecule has 0 aromatic rings. The van der Waals surface area contributed by atoms with Gasteiger partial charge >= 0.3 is 0 Å². The largest absolute Gasteiger partial charge is 0.378 e. The van der Waals surface area contributed by atoms with E-state index in [1.165, 1.54) is 4.31 Å². The van der Waals surface area contributed by atoms with Crippen LogP contribution in [0.2, 0.25) is 0 Å². The zero-order valence-corrected chi connectivity index (χ0v) is 12.7. The van der Waals surface area contributed by atoms with Crippen LogP contribution < -0.4 is 0 Å². The topological polar surface area (TPSA) is 55.8 Å². The molecule has 7 heteroatoms. The SMILES string of the molecule is CC(C)OCCS(=O)(=O)N1CCOCC1CBr. The van der Waals surface area contributed by atoms with E-state index < -0.39 is 10.0 Å². The Bertz CT molecular complexity index is 320. The van der Waals surface area contributed by atoms with Gasteiger partial charge in [-0.3, -0.25) is 0 Å². The highest BCUT2D eigenvalue weighted by Gasteiger charge is 2.31. The van der Waals surface area contributed by atoms with Gasteiger partial charge in [0, 0.05) is 11.9 Å². The van der Waals surface area contributed by atoms with Gasteiger partial charge in [0.15, 0.2) is 0 Å². The number of nitrogens with zero attached hydrogens (tertiary/aromatic N) is 1. The van der Waals surface area contributed by atoms with Crippen molar-refractivity contribution in [2.24, 2.45) is 0 Å². The molecule has 1 aliphatic heterocycles. The van der Waals surface area contributed by atoms with Crippen molar-refractivity contribution in [1.82, 2.24) is 4.31 Å². The lowest BCUT2D eigenvalue weighted by atomic mass is 10.3. The zero-order valence-electron chi connectivity index (χ0n) is 10.3. The molecule has 0 aliphatic carbocycles. The highest BCUT2D eigenvalue weighted by atomic mass is 79.9. The second kappa shape index (κ2) is 7.04. The Labute approximate surface area is 112 Å². The molecular weight excluding hydrogens is 310 g/mol. The molecule has 1 atom stereocenters. The fourth-order valence-electron chi connectivity index (χ4n) is 1.63. The van der Waals surface area contributed by atoms with Crippen LogP contribution in [0.25, 0.3) is 0 Å². The van der Waals surface area contributed by atoms with Crippen LogP contribution in [0.5, 0.6) is 0 Å². The highest BCUT2D eigenvalue weighted by molar-refractivity contribution is 9.09. The Hall–Kier alpha value is 0.310. The van der Waals surface area contributed by atoms with E-state index in [-0.39, 0.29) is 24.5 Å². The monoisotopic (exact) mass is 329 g/mol. The summed E-state index contributed by atoms with van der Waals surface area (Å²) < 4.78 is 36.3. The number of morpholine rings is 1. The van der Waals surface area contributed by atoms with Gasteiger partial charge < -0.3 is 9.47 Å². The lowest BCUT2D eigenvalue weighted by Crippen LogP contribution is -2.50. The smallest absolute Gasteiger partial charge is 0.216 e. The van der Waals surface area contributed by atoms with E-state index in [4.69, 9.17) is 9.47 Å². The van der Waals surface area contributed by atoms with Gasteiger partial charge in [0.25, 0.3) is 0 Å². The molecule has 5 nitrogen and oxygen atoms in total. The van der Waals surface area contributed by atoms with Crippen molar-refractivity contribution >= 4 is 26.0 Å². The van der Waals surface area contributed by atoms with Gasteiger partial charge in [-0.2, -0.15) is 4.31 Å². The molecule has 0 saturated carbocycles. The summed E-state index contributed by atoms with van der Waals surface area (Å²) in [5.74, 6) is 0.0364. The second-order valence-corrected chi connectivity index (χ2v) is 6.92. The van der Waals surface area contributed by atoms with Crippen molar-refractivity contribution in [2.45, 2.75) is 26.0 Å². The van der Waals surface area contributed by atoms with Crippen molar-refractivity contribution in [3.63, 3.8) is 0 Å². The van der Waals surface area contributed by atoms with Crippen molar-refractivity contribution < 1.29 is 17.9 Å². The van der Waals surface area contributed by atoms with Gasteiger partial charge in [-0.05, 0) is 13.8 Å². The first-order chi connectivity index (χ1) is 7.97. The summed E-state index contributed by atoms with van der Waals surface area (Å²) in [5, 5.41) is 0.595. The Morgan fingerprint density at radius 2 is 2.24 bits per heavy atom. The van der Waals surface area contributed by atoms with Crippen molar-refractivity contribution in [3.05, 3.63) is 0 Å². The van der Waals surface area contributed by atoms with Crippen LogP contribution in [-0.4, -0.2) is 62.3 Å². The average Bonchev–Trinajstić information content (AvgIpc) is 2.28. The summed E-state index contributed by atoms with van der Waals surface area (Å²) in [6.07, 6.45) is 0.0573. The number of alkyl halides is 1. The highest BCUT2D eigenvalue weighted by Crippen LogP contribution is 2.14. The molecule has 1 unspecified atom stereocenters. The molecule has 17 heavy (non-hydrogen) atoms. The van der Waals surface area contributed by atoms with Crippen LogP contribution in [-0.2, 0) is 19.5 Å². The Balaban J connectivity index is 2.55. The lowest BCUT2D eigenvalue weighted by Gasteiger charge is -2.33. The fourth-order valence-corrected chi connectivity index (χ4v) is 3.85.